The Bertz CT molecular complexity index is 741. The van der Waals surface area contributed by atoms with Gasteiger partial charge in [0.15, 0.2) is 0 Å². The zero-order valence-electron chi connectivity index (χ0n) is 13.4. The number of anilines is 2. The van der Waals surface area contributed by atoms with Crippen molar-refractivity contribution in [3.63, 3.8) is 0 Å². The highest BCUT2D eigenvalue weighted by Crippen LogP contribution is 2.25. The highest BCUT2D eigenvalue weighted by atomic mass is 35.5. The second-order valence-electron chi connectivity index (χ2n) is 5.17. The summed E-state index contributed by atoms with van der Waals surface area (Å²) in [7, 11) is 0. The van der Waals surface area contributed by atoms with Crippen LogP contribution in [0.4, 0.5) is 21.0 Å². The quantitative estimate of drug-likeness (QED) is 0.698. The highest BCUT2D eigenvalue weighted by molar-refractivity contribution is 6.42. The molecular weight excluding hydrogens is 365 g/mol. The first-order valence-electron chi connectivity index (χ1n) is 7.46. The molecule has 0 unspecified atom stereocenters. The van der Waals surface area contributed by atoms with E-state index in [1.165, 1.54) is 6.07 Å². The first kappa shape index (κ1) is 18.9. The predicted octanol–water partition coefficient (Wildman–Crippen LogP) is 4.75. The van der Waals surface area contributed by atoms with Crippen molar-refractivity contribution < 1.29 is 14.3 Å². The number of halogens is 2. The Kier molecular flexibility index (Phi) is 6.91. The van der Waals surface area contributed by atoms with Crippen LogP contribution in [0.3, 0.4) is 0 Å². The Labute approximate surface area is 155 Å². The summed E-state index contributed by atoms with van der Waals surface area (Å²) in [4.78, 5) is 23.6. The third-order valence-electron chi connectivity index (χ3n) is 3.06. The van der Waals surface area contributed by atoms with Crippen molar-refractivity contribution in [3.8, 4) is 0 Å². The molecule has 0 aromatic heterocycles. The van der Waals surface area contributed by atoms with E-state index in [2.05, 4.69) is 16.0 Å². The minimum atomic E-state index is -0.656. The smallest absolute Gasteiger partial charge is 0.411 e. The van der Waals surface area contributed by atoms with Crippen LogP contribution in [0.1, 0.15) is 6.92 Å². The normalized spacial score (nSPS) is 11.3. The first-order valence-corrected chi connectivity index (χ1v) is 8.22. The molecule has 25 heavy (non-hydrogen) atoms. The van der Waals surface area contributed by atoms with Gasteiger partial charge in [-0.05, 0) is 37.3 Å². The molecule has 6 nitrogen and oxygen atoms in total. The third kappa shape index (κ3) is 6.52. The zero-order chi connectivity index (χ0) is 18.2. The monoisotopic (exact) mass is 381 g/mol. The van der Waals surface area contributed by atoms with E-state index in [1.807, 2.05) is 18.2 Å². The van der Waals surface area contributed by atoms with Crippen LogP contribution in [0.5, 0.6) is 0 Å². The van der Waals surface area contributed by atoms with E-state index in [4.69, 9.17) is 27.9 Å². The maximum absolute atomic E-state index is 11.8. The molecule has 0 aliphatic heterocycles. The Hall–Kier alpha value is -2.44. The maximum Gasteiger partial charge on any atom is 0.411 e. The molecule has 2 aromatic carbocycles. The topological polar surface area (TPSA) is 79.5 Å². The van der Waals surface area contributed by atoms with Crippen molar-refractivity contribution in [2.24, 2.45) is 0 Å². The van der Waals surface area contributed by atoms with Crippen LogP contribution in [0, 0.1) is 0 Å². The molecule has 2 rings (SSSR count). The van der Waals surface area contributed by atoms with Gasteiger partial charge in [-0.15, -0.1) is 0 Å². The summed E-state index contributed by atoms with van der Waals surface area (Å²) in [5, 5.41) is 8.54. The largest absolute Gasteiger partial charge is 0.444 e. The molecule has 0 saturated heterocycles. The van der Waals surface area contributed by atoms with E-state index < -0.39 is 12.2 Å². The van der Waals surface area contributed by atoms with Gasteiger partial charge in [-0.1, -0.05) is 41.4 Å². The number of carbonyl (C=O) groups is 2. The summed E-state index contributed by atoms with van der Waals surface area (Å²) in [6.07, 6.45) is -1.18. The summed E-state index contributed by atoms with van der Waals surface area (Å²) in [6.45, 7) is 1.82. The molecule has 0 saturated carbocycles. The number of amides is 3. The molecule has 0 spiro atoms. The average molecular weight is 382 g/mol. The number of ether oxygens (including phenoxy) is 1. The lowest BCUT2D eigenvalue weighted by Gasteiger charge is -2.15. The van der Waals surface area contributed by atoms with E-state index >= 15 is 0 Å². The van der Waals surface area contributed by atoms with Crippen molar-refractivity contribution in [1.82, 2.24) is 5.32 Å². The summed E-state index contributed by atoms with van der Waals surface area (Å²) in [5.74, 6) is 0. The van der Waals surface area contributed by atoms with Gasteiger partial charge in [0, 0.05) is 11.4 Å². The van der Waals surface area contributed by atoms with Crippen molar-refractivity contribution in [3.05, 3.63) is 58.6 Å². The third-order valence-corrected chi connectivity index (χ3v) is 3.79. The molecule has 1 atom stereocenters. The Morgan fingerprint density at radius 3 is 2.40 bits per heavy atom. The molecule has 0 bridgehead atoms. The highest BCUT2D eigenvalue weighted by Gasteiger charge is 2.12. The predicted molar refractivity (Wildman–Crippen MR) is 99.5 cm³/mol. The van der Waals surface area contributed by atoms with Gasteiger partial charge in [-0.3, -0.25) is 5.32 Å². The van der Waals surface area contributed by atoms with E-state index in [1.54, 1.807) is 31.2 Å². The fourth-order valence-corrected chi connectivity index (χ4v) is 2.18. The SMILES string of the molecule is C[C@@H](CNC(=O)Nc1ccccc1)OC(=O)Nc1ccc(Cl)c(Cl)c1. The Balaban J connectivity index is 1.73. The van der Waals surface area contributed by atoms with Crippen molar-refractivity contribution in [2.75, 3.05) is 17.2 Å². The van der Waals surface area contributed by atoms with Gasteiger partial charge in [0.25, 0.3) is 0 Å². The van der Waals surface area contributed by atoms with Crippen molar-refractivity contribution in [2.45, 2.75) is 13.0 Å². The molecule has 0 aliphatic carbocycles. The minimum Gasteiger partial charge on any atom is -0.444 e. The lowest BCUT2D eigenvalue weighted by Crippen LogP contribution is -2.36. The number of nitrogens with one attached hydrogen (secondary N) is 3. The second kappa shape index (κ2) is 9.15. The molecule has 2 aromatic rings. The molecule has 3 amide bonds. The number of hydrogen-bond donors (Lipinski definition) is 3. The van der Waals surface area contributed by atoms with Crippen molar-refractivity contribution in [1.29, 1.82) is 0 Å². The molecule has 0 heterocycles. The molecular formula is C17H17Cl2N3O3. The Morgan fingerprint density at radius 2 is 1.72 bits per heavy atom. The standard InChI is InChI=1S/C17H17Cl2N3O3/c1-11(10-20-16(23)21-12-5-3-2-4-6-12)25-17(24)22-13-7-8-14(18)15(19)9-13/h2-9,11H,10H2,1H3,(H,22,24)(H2,20,21,23)/t11-/m0/s1. The number of hydrogen-bond acceptors (Lipinski definition) is 3. The molecule has 0 radical (unpaired) electrons. The lowest BCUT2D eigenvalue weighted by atomic mass is 10.3. The molecule has 0 aliphatic rings. The number of urea groups is 1. The molecule has 3 N–H and O–H groups in total. The number of para-hydroxylation sites is 1. The summed E-state index contributed by atoms with van der Waals surface area (Å²) in [5.41, 5.74) is 1.13. The van der Waals surface area contributed by atoms with Gasteiger partial charge in [0.2, 0.25) is 0 Å². The van der Waals surface area contributed by atoms with Crippen LogP contribution in [-0.2, 0) is 4.74 Å². The van der Waals surface area contributed by atoms with Crippen LogP contribution in [0.15, 0.2) is 48.5 Å². The van der Waals surface area contributed by atoms with Gasteiger partial charge in [-0.25, -0.2) is 9.59 Å². The van der Waals surface area contributed by atoms with E-state index in [0.29, 0.717) is 21.4 Å². The van der Waals surface area contributed by atoms with Gasteiger partial charge >= 0.3 is 12.1 Å². The number of benzene rings is 2. The number of carbonyl (C=O) groups excluding carboxylic acids is 2. The summed E-state index contributed by atoms with van der Waals surface area (Å²) >= 11 is 11.7. The lowest BCUT2D eigenvalue weighted by molar-refractivity contribution is 0.120. The van der Waals surface area contributed by atoms with Gasteiger partial charge in [0.1, 0.15) is 6.10 Å². The fraction of sp³-hybridized carbons (Fsp3) is 0.176. The van der Waals surface area contributed by atoms with Crippen LogP contribution in [0.25, 0.3) is 0 Å². The van der Waals surface area contributed by atoms with Crippen LogP contribution >= 0.6 is 23.2 Å². The first-order chi connectivity index (χ1) is 11.9. The fourth-order valence-electron chi connectivity index (χ4n) is 1.88. The Morgan fingerprint density at radius 1 is 1.00 bits per heavy atom. The minimum absolute atomic E-state index is 0.160. The summed E-state index contributed by atoms with van der Waals surface area (Å²) in [6, 6.07) is 13.3. The molecule has 0 fully saturated rings. The van der Waals surface area contributed by atoms with Crippen LogP contribution < -0.4 is 16.0 Å². The van der Waals surface area contributed by atoms with E-state index in [9.17, 15) is 9.59 Å². The van der Waals surface area contributed by atoms with E-state index in [0.717, 1.165) is 0 Å². The second-order valence-corrected chi connectivity index (χ2v) is 5.99. The van der Waals surface area contributed by atoms with Gasteiger partial charge in [-0.2, -0.15) is 0 Å². The van der Waals surface area contributed by atoms with Gasteiger partial charge < -0.3 is 15.4 Å². The number of rotatable bonds is 5. The van der Waals surface area contributed by atoms with E-state index in [-0.39, 0.29) is 12.6 Å². The summed E-state index contributed by atoms with van der Waals surface area (Å²) < 4.78 is 5.16. The van der Waals surface area contributed by atoms with Crippen LogP contribution in [-0.4, -0.2) is 24.8 Å². The zero-order valence-corrected chi connectivity index (χ0v) is 14.9. The molecule has 8 heteroatoms. The van der Waals surface area contributed by atoms with Crippen molar-refractivity contribution >= 4 is 46.7 Å². The van der Waals surface area contributed by atoms with Gasteiger partial charge in [0.05, 0.1) is 16.6 Å². The van der Waals surface area contributed by atoms with Crippen LogP contribution in [0.2, 0.25) is 10.0 Å². The molecule has 132 valence electrons. The maximum atomic E-state index is 11.8. The average Bonchev–Trinajstić information content (AvgIpc) is 2.57.